The molecule has 0 aliphatic rings. The van der Waals surface area contributed by atoms with Gasteiger partial charge in [0.05, 0.1) is 21.2 Å². The Balaban J connectivity index is 2.14. The second-order valence-corrected chi connectivity index (χ2v) is 4.49. The zero-order valence-corrected chi connectivity index (χ0v) is 11.5. The molecule has 0 saturated heterocycles. The van der Waals surface area contributed by atoms with Crippen LogP contribution >= 0.6 is 23.2 Å². The number of benzene rings is 1. The first-order chi connectivity index (χ1) is 9.58. The number of nitrogens with zero attached hydrogens (tertiary/aromatic N) is 3. The van der Waals surface area contributed by atoms with E-state index in [9.17, 15) is 10.1 Å². The van der Waals surface area contributed by atoms with Crippen molar-refractivity contribution in [2.75, 3.05) is 5.43 Å². The molecule has 1 aromatic heterocycles. The van der Waals surface area contributed by atoms with Crippen LogP contribution in [0, 0.1) is 10.1 Å². The van der Waals surface area contributed by atoms with E-state index in [1.165, 1.54) is 24.5 Å². The van der Waals surface area contributed by atoms with Crippen molar-refractivity contribution in [3.8, 4) is 0 Å². The van der Waals surface area contributed by atoms with Crippen LogP contribution in [0.3, 0.4) is 0 Å². The maximum Gasteiger partial charge on any atom is 0.313 e. The molecule has 1 N–H and O–H groups in total. The predicted octanol–water partition coefficient (Wildman–Crippen LogP) is 3.74. The Morgan fingerprint density at radius 1 is 1.30 bits per heavy atom. The van der Waals surface area contributed by atoms with E-state index >= 15 is 0 Å². The second-order valence-electron chi connectivity index (χ2n) is 3.67. The zero-order valence-electron chi connectivity index (χ0n) is 9.96. The molecule has 8 heteroatoms. The van der Waals surface area contributed by atoms with Crippen LogP contribution in [0.15, 0.2) is 41.6 Å². The van der Waals surface area contributed by atoms with Crippen LogP contribution in [0.2, 0.25) is 10.0 Å². The van der Waals surface area contributed by atoms with Crippen LogP contribution in [-0.2, 0) is 0 Å². The lowest BCUT2D eigenvalue weighted by molar-refractivity contribution is -0.384. The van der Waals surface area contributed by atoms with Gasteiger partial charge in [0, 0.05) is 12.3 Å². The molecular formula is C12H8Cl2N4O2. The van der Waals surface area contributed by atoms with E-state index in [0.717, 1.165) is 0 Å². The van der Waals surface area contributed by atoms with Crippen molar-refractivity contribution in [1.82, 2.24) is 4.98 Å². The van der Waals surface area contributed by atoms with Crippen LogP contribution in [0.1, 0.15) is 5.56 Å². The van der Waals surface area contributed by atoms with Gasteiger partial charge in [-0.2, -0.15) is 5.10 Å². The van der Waals surface area contributed by atoms with Gasteiger partial charge in [0.25, 0.3) is 0 Å². The molecule has 0 atom stereocenters. The van der Waals surface area contributed by atoms with Crippen molar-refractivity contribution >= 4 is 40.9 Å². The summed E-state index contributed by atoms with van der Waals surface area (Å²) >= 11 is 11.7. The van der Waals surface area contributed by atoms with Gasteiger partial charge in [0.15, 0.2) is 0 Å². The fourth-order valence-corrected chi connectivity index (χ4v) is 1.70. The maximum atomic E-state index is 10.8. The minimum absolute atomic E-state index is 0.0637. The van der Waals surface area contributed by atoms with E-state index in [2.05, 4.69) is 15.5 Å². The van der Waals surface area contributed by atoms with Gasteiger partial charge >= 0.3 is 5.69 Å². The second kappa shape index (κ2) is 6.31. The zero-order chi connectivity index (χ0) is 14.5. The smallest absolute Gasteiger partial charge is 0.258 e. The molecule has 0 amide bonds. The number of hydrazone groups is 1. The Morgan fingerprint density at radius 3 is 2.80 bits per heavy atom. The molecule has 0 unspecified atom stereocenters. The summed E-state index contributed by atoms with van der Waals surface area (Å²) in [5, 5.41) is 15.5. The van der Waals surface area contributed by atoms with E-state index in [1.807, 2.05) is 0 Å². The largest absolute Gasteiger partial charge is 0.313 e. The Kier molecular flexibility index (Phi) is 4.49. The van der Waals surface area contributed by atoms with Crippen molar-refractivity contribution in [3.63, 3.8) is 0 Å². The summed E-state index contributed by atoms with van der Waals surface area (Å²) in [7, 11) is 0. The Hall–Kier alpha value is -2.18. The highest BCUT2D eigenvalue weighted by molar-refractivity contribution is 6.42. The third-order valence-electron chi connectivity index (χ3n) is 2.31. The third-order valence-corrected chi connectivity index (χ3v) is 3.05. The van der Waals surface area contributed by atoms with Crippen molar-refractivity contribution < 1.29 is 4.92 Å². The molecule has 0 aliphatic carbocycles. The summed E-state index contributed by atoms with van der Waals surface area (Å²) in [6.07, 6.45) is 2.89. The standard InChI is InChI=1S/C12H8Cl2N4O2/c13-9-4-3-8(6-10(9)14)7-16-17-12-11(18(19)20)2-1-5-15-12/h1-7H,(H,15,17). The van der Waals surface area contributed by atoms with E-state index in [-0.39, 0.29) is 11.5 Å². The van der Waals surface area contributed by atoms with Crippen molar-refractivity contribution in [1.29, 1.82) is 0 Å². The quantitative estimate of drug-likeness (QED) is 0.530. The van der Waals surface area contributed by atoms with Gasteiger partial charge in [-0.05, 0) is 23.8 Å². The summed E-state index contributed by atoms with van der Waals surface area (Å²) in [4.78, 5) is 14.1. The minimum Gasteiger partial charge on any atom is -0.258 e. The van der Waals surface area contributed by atoms with E-state index in [0.29, 0.717) is 15.6 Å². The molecule has 0 radical (unpaired) electrons. The van der Waals surface area contributed by atoms with Crippen LogP contribution in [-0.4, -0.2) is 16.1 Å². The number of halogens is 2. The Labute approximate surface area is 124 Å². The lowest BCUT2D eigenvalue weighted by atomic mass is 10.2. The molecule has 0 spiro atoms. The van der Waals surface area contributed by atoms with Crippen LogP contribution in [0.25, 0.3) is 0 Å². The molecule has 1 heterocycles. The maximum absolute atomic E-state index is 10.8. The Morgan fingerprint density at radius 2 is 2.10 bits per heavy atom. The van der Waals surface area contributed by atoms with E-state index < -0.39 is 4.92 Å². The molecule has 102 valence electrons. The summed E-state index contributed by atoms with van der Waals surface area (Å²) < 4.78 is 0. The first-order valence-corrected chi connectivity index (χ1v) is 6.17. The van der Waals surface area contributed by atoms with Crippen molar-refractivity contribution in [2.24, 2.45) is 5.10 Å². The minimum atomic E-state index is -0.538. The number of nitro groups is 1. The lowest BCUT2D eigenvalue weighted by Crippen LogP contribution is -1.98. The fourth-order valence-electron chi connectivity index (χ4n) is 1.39. The van der Waals surface area contributed by atoms with Gasteiger partial charge in [-0.15, -0.1) is 0 Å². The number of hydrogen-bond donors (Lipinski definition) is 1. The molecule has 0 bridgehead atoms. The molecule has 0 fully saturated rings. The predicted molar refractivity (Wildman–Crippen MR) is 78.6 cm³/mol. The Bertz CT molecular complexity index is 676. The van der Waals surface area contributed by atoms with Gasteiger partial charge in [-0.3, -0.25) is 15.5 Å². The molecule has 2 rings (SSSR count). The molecule has 6 nitrogen and oxygen atoms in total. The van der Waals surface area contributed by atoms with Crippen molar-refractivity contribution in [3.05, 3.63) is 62.3 Å². The SMILES string of the molecule is O=[N+]([O-])c1cccnc1NN=Cc1ccc(Cl)c(Cl)c1. The van der Waals surface area contributed by atoms with Crippen molar-refractivity contribution in [2.45, 2.75) is 0 Å². The third kappa shape index (κ3) is 3.43. The van der Waals surface area contributed by atoms with Gasteiger partial charge in [-0.25, -0.2) is 4.98 Å². The average Bonchev–Trinajstić information content (AvgIpc) is 2.43. The monoisotopic (exact) mass is 310 g/mol. The number of pyridine rings is 1. The summed E-state index contributed by atoms with van der Waals surface area (Å²) in [6, 6.07) is 7.79. The molecule has 0 aliphatic heterocycles. The van der Waals surface area contributed by atoms with Gasteiger partial charge in [-0.1, -0.05) is 29.3 Å². The van der Waals surface area contributed by atoms with E-state index in [4.69, 9.17) is 23.2 Å². The van der Waals surface area contributed by atoms with Gasteiger partial charge in [0.2, 0.25) is 5.82 Å². The number of hydrogen-bond acceptors (Lipinski definition) is 5. The number of rotatable bonds is 4. The highest BCUT2D eigenvalue weighted by atomic mass is 35.5. The molecule has 1 aromatic carbocycles. The first-order valence-electron chi connectivity index (χ1n) is 5.41. The molecule has 0 saturated carbocycles. The molecule has 2 aromatic rings. The van der Waals surface area contributed by atoms with Gasteiger partial charge < -0.3 is 0 Å². The summed E-state index contributed by atoms with van der Waals surface area (Å²) in [6.45, 7) is 0. The summed E-state index contributed by atoms with van der Waals surface area (Å²) in [5.74, 6) is 0.0637. The fraction of sp³-hybridized carbons (Fsp3) is 0. The lowest BCUT2D eigenvalue weighted by Gasteiger charge is -2.00. The molecule has 20 heavy (non-hydrogen) atoms. The van der Waals surface area contributed by atoms with Crippen LogP contribution in [0.4, 0.5) is 11.5 Å². The number of aromatic nitrogens is 1. The summed E-state index contributed by atoms with van der Waals surface area (Å²) in [5.41, 5.74) is 3.06. The number of nitrogens with one attached hydrogen (secondary N) is 1. The normalized spacial score (nSPS) is 10.7. The molecular weight excluding hydrogens is 303 g/mol. The van der Waals surface area contributed by atoms with Crippen LogP contribution < -0.4 is 5.43 Å². The van der Waals surface area contributed by atoms with Gasteiger partial charge in [0.1, 0.15) is 0 Å². The number of anilines is 1. The topological polar surface area (TPSA) is 80.4 Å². The average molecular weight is 311 g/mol. The van der Waals surface area contributed by atoms with Crippen LogP contribution in [0.5, 0.6) is 0 Å². The first kappa shape index (κ1) is 14.2. The van der Waals surface area contributed by atoms with E-state index in [1.54, 1.807) is 18.2 Å². The highest BCUT2D eigenvalue weighted by Gasteiger charge is 2.12. The highest BCUT2D eigenvalue weighted by Crippen LogP contribution is 2.22.